The SMILES string of the molecule is CC[C@@H]1CN(C)CC[C@@H]1NC(=O)C(C)(C)COc1ncccc1OC(F)(F)F.CC[C@H]1CN(C)CC[C@H]1NC(=O)C(C)(C)COc1ncccc1OC(F)(F)F. The Morgan fingerprint density at radius 3 is 1.38 bits per heavy atom. The van der Waals surface area contributed by atoms with Crippen molar-refractivity contribution in [3.05, 3.63) is 36.7 Å². The molecule has 0 bridgehead atoms. The number of likely N-dealkylation sites (tertiary alicyclic amines) is 2. The molecule has 0 radical (unpaired) electrons. The third-order valence-corrected chi connectivity index (χ3v) is 9.85. The molecule has 2 N–H and O–H groups in total. The molecule has 2 aromatic heterocycles. The van der Waals surface area contributed by atoms with Crippen LogP contribution in [0.15, 0.2) is 36.7 Å². The maximum absolute atomic E-state index is 12.8. The predicted octanol–water partition coefficient (Wildman–Crippen LogP) is 6.46. The average Bonchev–Trinajstić information content (AvgIpc) is 3.11. The first-order valence-corrected chi connectivity index (χ1v) is 18.7. The molecule has 0 spiro atoms. The number of aromatic nitrogens is 2. The van der Waals surface area contributed by atoms with E-state index >= 15 is 0 Å². The number of hydrogen-bond acceptors (Lipinski definition) is 10. The molecule has 2 aromatic rings. The Bertz CT molecular complexity index is 1450. The van der Waals surface area contributed by atoms with Crippen molar-refractivity contribution in [1.82, 2.24) is 30.4 Å². The Morgan fingerprint density at radius 1 is 0.696 bits per heavy atom. The molecular weight excluding hydrogens is 750 g/mol. The number of rotatable bonds is 14. The molecule has 56 heavy (non-hydrogen) atoms. The fourth-order valence-electron chi connectivity index (χ4n) is 6.37. The van der Waals surface area contributed by atoms with E-state index in [2.05, 4.69) is 67.8 Å². The van der Waals surface area contributed by atoms with Crippen LogP contribution in [-0.4, -0.2) is 110 Å². The van der Waals surface area contributed by atoms with Crippen LogP contribution >= 0.6 is 0 Å². The number of ether oxygens (including phenoxy) is 4. The highest BCUT2D eigenvalue weighted by Gasteiger charge is 2.38. The minimum Gasteiger partial charge on any atom is -0.474 e. The summed E-state index contributed by atoms with van der Waals surface area (Å²) in [4.78, 5) is 37.6. The number of alkyl halides is 6. The van der Waals surface area contributed by atoms with Crippen LogP contribution in [0.5, 0.6) is 23.3 Å². The first kappa shape index (κ1) is 46.3. The van der Waals surface area contributed by atoms with Crippen LogP contribution in [0.3, 0.4) is 0 Å². The van der Waals surface area contributed by atoms with Crippen molar-refractivity contribution in [3.8, 4) is 23.3 Å². The van der Waals surface area contributed by atoms with Gasteiger partial charge in [-0.1, -0.05) is 26.7 Å². The summed E-state index contributed by atoms with van der Waals surface area (Å²) in [6, 6.07) is 5.02. The van der Waals surface area contributed by atoms with E-state index in [1.165, 1.54) is 24.5 Å². The zero-order valence-electron chi connectivity index (χ0n) is 33.4. The van der Waals surface area contributed by atoms with Gasteiger partial charge in [0.2, 0.25) is 11.8 Å². The molecule has 316 valence electrons. The molecule has 0 unspecified atom stereocenters. The minimum absolute atomic E-state index is 0.0759. The van der Waals surface area contributed by atoms with Gasteiger partial charge in [-0.3, -0.25) is 9.59 Å². The van der Waals surface area contributed by atoms with E-state index in [4.69, 9.17) is 9.47 Å². The van der Waals surface area contributed by atoms with E-state index in [9.17, 15) is 35.9 Å². The maximum atomic E-state index is 12.8. The molecule has 2 aliphatic rings. The van der Waals surface area contributed by atoms with Crippen molar-refractivity contribution in [2.45, 2.75) is 92.0 Å². The predicted molar refractivity (Wildman–Crippen MR) is 196 cm³/mol. The second kappa shape index (κ2) is 19.9. The Labute approximate surface area is 325 Å². The van der Waals surface area contributed by atoms with Crippen LogP contribution < -0.4 is 29.6 Å². The van der Waals surface area contributed by atoms with E-state index in [1.54, 1.807) is 27.7 Å². The van der Waals surface area contributed by atoms with Gasteiger partial charge in [0.15, 0.2) is 11.5 Å². The molecule has 12 nitrogen and oxygen atoms in total. The summed E-state index contributed by atoms with van der Waals surface area (Å²) in [5.41, 5.74) is -1.90. The lowest BCUT2D eigenvalue weighted by Crippen LogP contribution is -2.53. The van der Waals surface area contributed by atoms with E-state index in [1.807, 2.05) is 0 Å². The van der Waals surface area contributed by atoms with E-state index in [0.717, 1.165) is 64.0 Å². The smallest absolute Gasteiger partial charge is 0.474 e. The van der Waals surface area contributed by atoms with Crippen molar-refractivity contribution < 1.29 is 54.9 Å². The molecule has 2 aliphatic heterocycles. The van der Waals surface area contributed by atoms with Gasteiger partial charge in [0.25, 0.3) is 11.8 Å². The summed E-state index contributed by atoms with van der Waals surface area (Å²) < 4.78 is 93.8. The van der Waals surface area contributed by atoms with E-state index < -0.39 is 35.1 Å². The second-order valence-electron chi connectivity index (χ2n) is 15.7. The molecule has 2 amide bonds. The number of hydrogen-bond donors (Lipinski definition) is 2. The number of amides is 2. The van der Waals surface area contributed by atoms with Crippen LogP contribution in [0.4, 0.5) is 26.3 Å². The molecule has 4 heterocycles. The molecule has 4 atom stereocenters. The molecule has 2 fully saturated rings. The van der Waals surface area contributed by atoms with E-state index in [-0.39, 0.29) is 48.9 Å². The summed E-state index contributed by atoms with van der Waals surface area (Å²) in [5, 5.41) is 6.19. The normalized spacial score (nSPS) is 21.2. The van der Waals surface area contributed by atoms with Gasteiger partial charge in [0, 0.05) is 37.6 Å². The number of carbonyl (C=O) groups is 2. The van der Waals surface area contributed by atoms with Gasteiger partial charge >= 0.3 is 12.7 Å². The number of carbonyl (C=O) groups excluding carboxylic acids is 2. The lowest BCUT2D eigenvalue weighted by molar-refractivity contribution is -0.276. The lowest BCUT2D eigenvalue weighted by atomic mass is 9.87. The van der Waals surface area contributed by atoms with Crippen molar-refractivity contribution in [2.24, 2.45) is 22.7 Å². The lowest BCUT2D eigenvalue weighted by Gasteiger charge is -2.38. The fraction of sp³-hybridized carbons (Fsp3) is 0.684. The quantitative estimate of drug-likeness (QED) is 0.206. The average molecular weight is 807 g/mol. The van der Waals surface area contributed by atoms with Gasteiger partial charge in [-0.05, 0) is 104 Å². The molecule has 2 saturated heterocycles. The number of nitrogens with zero attached hydrogens (tertiary/aromatic N) is 4. The first-order valence-electron chi connectivity index (χ1n) is 18.7. The van der Waals surface area contributed by atoms with Crippen LogP contribution in [0, 0.1) is 22.7 Å². The summed E-state index contributed by atoms with van der Waals surface area (Å²) in [6.07, 6.45) is -3.46. The fourth-order valence-corrected chi connectivity index (χ4v) is 6.37. The number of halogens is 6. The monoisotopic (exact) mass is 806 g/mol. The Hall–Kier alpha value is -4.06. The van der Waals surface area contributed by atoms with Crippen LogP contribution in [-0.2, 0) is 9.59 Å². The van der Waals surface area contributed by atoms with Gasteiger partial charge in [-0.2, -0.15) is 0 Å². The van der Waals surface area contributed by atoms with Crippen molar-refractivity contribution in [2.75, 3.05) is 53.5 Å². The molecule has 4 rings (SSSR count). The van der Waals surface area contributed by atoms with Crippen molar-refractivity contribution >= 4 is 11.8 Å². The van der Waals surface area contributed by atoms with Crippen LogP contribution in [0.1, 0.15) is 67.2 Å². The topological polar surface area (TPSA) is 127 Å². The number of piperidine rings is 2. The van der Waals surface area contributed by atoms with Gasteiger partial charge in [0.1, 0.15) is 13.2 Å². The van der Waals surface area contributed by atoms with Crippen LogP contribution in [0.25, 0.3) is 0 Å². The standard InChI is InChI=1S/2C19H28F3N3O3/c2*1-5-13-11-25(4)10-8-14(13)24-17(26)18(2,3)12-27-16-15(7-6-9-23-16)28-19(20,21)22/h2*6-7,9,13-14H,5,8,10-12H2,1-4H3,(H,24,26)/t2*13-,14+/m10/s1. The van der Waals surface area contributed by atoms with Gasteiger partial charge in [-0.15, -0.1) is 26.3 Å². The first-order chi connectivity index (χ1) is 26.0. The van der Waals surface area contributed by atoms with Gasteiger partial charge in [-0.25, -0.2) is 9.97 Å². The molecule has 18 heteroatoms. The van der Waals surface area contributed by atoms with Crippen molar-refractivity contribution in [3.63, 3.8) is 0 Å². The Balaban J connectivity index is 0.000000300. The highest BCUT2D eigenvalue weighted by Crippen LogP contribution is 2.33. The molecule has 0 aliphatic carbocycles. The third kappa shape index (κ3) is 14.8. The summed E-state index contributed by atoms with van der Waals surface area (Å²) in [7, 11) is 4.12. The molecular formula is C38H56F6N6O6. The zero-order chi connectivity index (χ0) is 41.9. The van der Waals surface area contributed by atoms with Crippen LogP contribution in [0.2, 0.25) is 0 Å². The summed E-state index contributed by atoms with van der Waals surface area (Å²) >= 11 is 0. The van der Waals surface area contributed by atoms with Gasteiger partial charge < -0.3 is 39.4 Å². The number of pyridine rings is 2. The molecule has 0 saturated carbocycles. The second-order valence-corrected chi connectivity index (χ2v) is 15.7. The van der Waals surface area contributed by atoms with Crippen molar-refractivity contribution in [1.29, 1.82) is 0 Å². The third-order valence-electron chi connectivity index (χ3n) is 9.85. The maximum Gasteiger partial charge on any atom is 0.573 e. The molecule has 0 aromatic carbocycles. The Morgan fingerprint density at radius 2 is 1.05 bits per heavy atom. The van der Waals surface area contributed by atoms with Gasteiger partial charge in [0.05, 0.1) is 10.8 Å². The minimum atomic E-state index is -4.85. The Kier molecular flexibility index (Phi) is 16.4. The highest BCUT2D eigenvalue weighted by molar-refractivity contribution is 5.82. The summed E-state index contributed by atoms with van der Waals surface area (Å²) in [6.45, 7) is 14.3. The largest absolute Gasteiger partial charge is 0.573 e. The highest BCUT2D eigenvalue weighted by atomic mass is 19.4. The van der Waals surface area contributed by atoms with E-state index in [0.29, 0.717) is 11.8 Å². The summed E-state index contributed by atoms with van der Waals surface area (Å²) in [5.74, 6) is -1.34. The number of nitrogens with one attached hydrogen (secondary N) is 2. The zero-order valence-corrected chi connectivity index (χ0v) is 33.4.